The Hall–Kier alpha value is -3.72. The Balaban J connectivity index is 0.00000323. The van der Waals surface area contributed by atoms with Crippen molar-refractivity contribution in [1.29, 1.82) is 0 Å². The Morgan fingerprint density at radius 3 is 2.83 bits per heavy atom. The van der Waals surface area contributed by atoms with Gasteiger partial charge >= 0.3 is 0 Å². The molecule has 2 aromatic carbocycles. The second kappa shape index (κ2) is 11.4. The number of aryl methyl sites for hydroxylation is 1. The Kier molecular flexibility index (Phi) is 7.94. The summed E-state index contributed by atoms with van der Waals surface area (Å²) in [6.45, 7) is 6.68. The molecule has 0 aliphatic carbocycles. The molecule has 0 spiro atoms. The van der Waals surface area contributed by atoms with E-state index in [0.717, 1.165) is 29.9 Å². The summed E-state index contributed by atoms with van der Waals surface area (Å²) in [6.07, 6.45) is 3.97. The second-order valence-corrected chi connectivity index (χ2v) is 10.6. The fourth-order valence-electron chi connectivity index (χ4n) is 5.45. The van der Waals surface area contributed by atoms with Gasteiger partial charge in [-0.25, -0.2) is 4.68 Å². The molecule has 6 rings (SSSR count). The lowest BCUT2D eigenvalue weighted by Gasteiger charge is -2.30. The average Bonchev–Trinajstić information content (AvgIpc) is 3.33. The van der Waals surface area contributed by atoms with Crippen molar-refractivity contribution in [2.45, 2.75) is 39.3 Å². The summed E-state index contributed by atoms with van der Waals surface area (Å²) in [7, 11) is 0. The molecule has 206 valence electrons. The lowest BCUT2D eigenvalue weighted by molar-refractivity contribution is 0.0944. The fourth-order valence-corrected chi connectivity index (χ4v) is 5.64. The van der Waals surface area contributed by atoms with Crippen molar-refractivity contribution in [3.63, 3.8) is 0 Å². The number of anilines is 1. The van der Waals surface area contributed by atoms with Crippen LogP contribution in [0.4, 0.5) is 5.69 Å². The van der Waals surface area contributed by atoms with E-state index in [0.29, 0.717) is 47.4 Å². The number of hydrogen-bond donors (Lipinski definition) is 2. The number of fused-ring (bicyclic) bond motifs is 2. The second-order valence-electron chi connectivity index (χ2n) is 10.2. The van der Waals surface area contributed by atoms with Crippen molar-refractivity contribution >= 4 is 41.5 Å². The van der Waals surface area contributed by atoms with Crippen LogP contribution in [-0.4, -0.2) is 39.7 Å². The van der Waals surface area contributed by atoms with E-state index < -0.39 is 0 Å². The van der Waals surface area contributed by atoms with E-state index >= 15 is 0 Å². The fraction of sp³-hybridized carbons (Fsp3) is 0.267. The molecule has 8 nitrogen and oxygen atoms in total. The third-order valence-corrected chi connectivity index (χ3v) is 7.84. The summed E-state index contributed by atoms with van der Waals surface area (Å²) in [5.41, 5.74) is 7.23. The first kappa shape index (κ1) is 27.8. The molecule has 0 radical (unpaired) electrons. The summed E-state index contributed by atoms with van der Waals surface area (Å²) in [5.74, 6) is -0.0970. The minimum Gasteiger partial charge on any atom is -0.346 e. The van der Waals surface area contributed by atoms with Gasteiger partial charge < -0.3 is 15.5 Å². The lowest BCUT2D eigenvalue weighted by Crippen LogP contribution is -2.39. The maximum Gasteiger partial charge on any atom is 0.277 e. The van der Waals surface area contributed by atoms with Crippen molar-refractivity contribution in [3.8, 4) is 5.69 Å². The van der Waals surface area contributed by atoms with Crippen LogP contribution >= 0.6 is 24.0 Å². The third-order valence-electron chi connectivity index (χ3n) is 7.61. The van der Waals surface area contributed by atoms with E-state index in [1.807, 2.05) is 25.1 Å². The summed E-state index contributed by atoms with van der Waals surface area (Å²) >= 11 is 6.29. The molecule has 0 saturated heterocycles. The van der Waals surface area contributed by atoms with Gasteiger partial charge in [-0.1, -0.05) is 30.7 Å². The normalized spacial score (nSPS) is 16.1. The number of aromatic nitrogens is 3. The summed E-state index contributed by atoms with van der Waals surface area (Å²) < 4.78 is 1.56. The highest BCUT2D eigenvalue weighted by Crippen LogP contribution is 2.32. The van der Waals surface area contributed by atoms with Gasteiger partial charge in [-0.05, 0) is 77.9 Å². The Morgan fingerprint density at radius 2 is 2.02 bits per heavy atom. The highest BCUT2D eigenvalue weighted by atomic mass is 35.5. The first-order valence-corrected chi connectivity index (χ1v) is 13.5. The predicted molar refractivity (Wildman–Crippen MR) is 158 cm³/mol. The largest absolute Gasteiger partial charge is 0.346 e. The number of nitrogens with one attached hydrogen (secondary N) is 2. The number of hydrogen-bond acceptors (Lipinski definition) is 5. The number of pyridine rings is 1. The first-order valence-electron chi connectivity index (χ1n) is 13.1. The zero-order valence-electron chi connectivity index (χ0n) is 22.3. The molecule has 0 bridgehead atoms. The van der Waals surface area contributed by atoms with E-state index in [1.54, 1.807) is 40.2 Å². The van der Waals surface area contributed by atoms with Crippen LogP contribution < -0.4 is 15.5 Å². The molecule has 2 aliphatic rings. The van der Waals surface area contributed by atoms with Crippen molar-refractivity contribution in [1.82, 2.24) is 25.4 Å². The predicted octanol–water partition coefficient (Wildman–Crippen LogP) is 4.99. The molecule has 4 heterocycles. The minimum atomic E-state index is -0.328. The molecular weight excluding hydrogens is 547 g/mol. The molecule has 40 heavy (non-hydrogen) atoms. The van der Waals surface area contributed by atoms with E-state index in [9.17, 15) is 9.59 Å². The monoisotopic (exact) mass is 576 g/mol. The molecule has 2 aromatic heterocycles. The summed E-state index contributed by atoms with van der Waals surface area (Å²) in [5, 5.41) is 11.6. The first-order chi connectivity index (χ1) is 18.9. The smallest absolute Gasteiger partial charge is 0.277 e. The number of carbonyl (C=O) groups excluding carboxylic acids is 2. The lowest BCUT2D eigenvalue weighted by atomic mass is 9.91. The maximum atomic E-state index is 14.1. The molecule has 0 unspecified atom stereocenters. The Labute approximate surface area is 244 Å². The van der Waals surface area contributed by atoms with Gasteiger partial charge in [0.05, 0.1) is 5.69 Å². The van der Waals surface area contributed by atoms with Gasteiger partial charge in [0.15, 0.2) is 5.69 Å². The zero-order chi connectivity index (χ0) is 27.1. The highest BCUT2D eigenvalue weighted by molar-refractivity contribution is 6.30. The van der Waals surface area contributed by atoms with Crippen molar-refractivity contribution in [2.24, 2.45) is 0 Å². The number of rotatable bonds is 5. The van der Waals surface area contributed by atoms with E-state index in [4.69, 9.17) is 11.6 Å². The van der Waals surface area contributed by atoms with Crippen LogP contribution in [0.15, 0.2) is 60.9 Å². The zero-order valence-corrected chi connectivity index (χ0v) is 23.9. The molecule has 2 aliphatic heterocycles. The van der Waals surface area contributed by atoms with Crippen molar-refractivity contribution in [2.75, 3.05) is 18.0 Å². The van der Waals surface area contributed by atoms with E-state index in [-0.39, 0.29) is 29.9 Å². The molecule has 10 heteroatoms. The number of carbonyl (C=O) groups is 2. The van der Waals surface area contributed by atoms with E-state index in [1.165, 1.54) is 11.1 Å². The maximum absolute atomic E-state index is 14.1. The Bertz CT molecular complexity index is 1600. The highest BCUT2D eigenvalue weighted by Gasteiger charge is 2.35. The van der Waals surface area contributed by atoms with Crippen LogP contribution in [0.1, 0.15) is 61.6 Å². The van der Waals surface area contributed by atoms with Crippen LogP contribution in [0.5, 0.6) is 0 Å². The molecule has 2 amide bonds. The van der Waals surface area contributed by atoms with Crippen LogP contribution in [0.3, 0.4) is 0 Å². The van der Waals surface area contributed by atoms with Crippen LogP contribution in [0.25, 0.3) is 5.69 Å². The quantitative estimate of drug-likeness (QED) is 0.349. The van der Waals surface area contributed by atoms with E-state index in [2.05, 4.69) is 39.8 Å². The van der Waals surface area contributed by atoms with Crippen LogP contribution in [-0.2, 0) is 19.5 Å². The summed E-state index contributed by atoms with van der Waals surface area (Å²) in [6, 6.07) is 15.3. The SMILES string of the molecule is Cc1ccncc1CNC(=O)c1nn(-c2cccc(Cl)c2)c2c1CCN(c1ccc3c(c1)CNC[C@@H]3C)C2=O.Cl. The molecule has 1 atom stereocenters. The molecule has 4 aromatic rings. The molecular formula is C30H30Cl2N6O2. The summed E-state index contributed by atoms with van der Waals surface area (Å²) in [4.78, 5) is 33.4. The third kappa shape index (κ3) is 5.10. The van der Waals surface area contributed by atoms with Gasteiger partial charge in [0.2, 0.25) is 0 Å². The number of amides is 2. The standard InChI is InChI=1S/C30H29ClN6O2.ClH/c1-18-8-10-32-16-21(18)17-34-29(38)27-26-9-11-36(23-6-7-25-19(2)14-33-15-20(25)12-23)30(39)28(26)37(35-27)24-5-3-4-22(31)13-24;/h3-8,10,12-13,16,19,33H,9,11,14-15,17H2,1-2H3,(H,34,38);1H/t19-;/m0./s1. The van der Waals surface area contributed by atoms with Gasteiger partial charge in [0.1, 0.15) is 5.69 Å². The van der Waals surface area contributed by atoms with Crippen LogP contribution in [0.2, 0.25) is 5.02 Å². The van der Waals surface area contributed by atoms with Crippen molar-refractivity contribution in [3.05, 3.63) is 105 Å². The van der Waals surface area contributed by atoms with Crippen LogP contribution in [0, 0.1) is 6.92 Å². The topological polar surface area (TPSA) is 92.2 Å². The number of benzene rings is 2. The average molecular weight is 578 g/mol. The van der Waals surface area contributed by atoms with Gasteiger partial charge in [0, 0.05) is 54.8 Å². The van der Waals surface area contributed by atoms with Crippen molar-refractivity contribution < 1.29 is 9.59 Å². The number of nitrogens with zero attached hydrogens (tertiary/aromatic N) is 4. The number of halogens is 2. The van der Waals surface area contributed by atoms with Gasteiger partial charge in [0.25, 0.3) is 11.8 Å². The minimum absolute atomic E-state index is 0. The van der Waals surface area contributed by atoms with Gasteiger partial charge in [-0.2, -0.15) is 5.10 Å². The molecule has 0 saturated carbocycles. The molecule has 0 fully saturated rings. The molecule has 2 N–H and O–H groups in total. The van der Waals surface area contributed by atoms with Gasteiger partial charge in [-0.3, -0.25) is 14.6 Å². The van der Waals surface area contributed by atoms with Gasteiger partial charge in [-0.15, -0.1) is 12.4 Å². The Morgan fingerprint density at radius 1 is 1.18 bits per heavy atom.